The molecule has 1 heterocycles. The second-order valence-corrected chi connectivity index (χ2v) is 8.73. The maximum atomic E-state index is 8.00. The standard InChI is InChI=1S/C25H36N4.C2H6.CH2O/c1-16(14-26-5)11-17(2)22(15-27-6)24-18(3)12-19(4)25(29-24)28-23-13-20-7-9-21(23)10-8-20;2*1-2/h11-12,14-15,20-21,23,27H,2,7-10,13H2,1,3-6H3,(H,28,29);1-2H3;1H2/b16-11-,22-15+,26-14?;;. The molecule has 182 valence electrons. The first-order chi connectivity index (χ1) is 15.9. The van der Waals surface area contributed by atoms with E-state index in [2.05, 4.69) is 48.2 Å². The van der Waals surface area contributed by atoms with Crippen LogP contribution in [0, 0.1) is 25.7 Å². The Hall–Kier alpha value is -2.69. The lowest BCUT2D eigenvalue weighted by atomic mass is 9.68. The molecule has 2 N–H and O–H groups in total. The van der Waals surface area contributed by atoms with E-state index in [1.54, 1.807) is 7.05 Å². The van der Waals surface area contributed by atoms with Crippen LogP contribution in [-0.2, 0) is 4.79 Å². The molecule has 0 spiro atoms. The second kappa shape index (κ2) is 14.5. The zero-order chi connectivity index (χ0) is 25.0. The fourth-order valence-corrected chi connectivity index (χ4v) is 4.95. The van der Waals surface area contributed by atoms with Crippen molar-refractivity contribution in [2.24, 2.45) is 16.8 Å². The lowest BCUT2D eigenvalue weighted by Gasteiger charge is -2.43. The molecule has 1 atom stereocenters. The highest BCUT2D eigenvalue weighted by Gasteiger charge is 2.35. The van der Waals surface area contributed by atoms with Crippen molar-refractivity contribution >= 4 is 24.4 Å². The number of aryl methyl sites for hydroxylation is 2. The molecule has 4 rings (SSSR count). The van der Waals surface area contributed by atoms with Gasteiger partial charge >= 0.3 is 0 Å². The highest BCUT2D eigenvalue weighted by atomic mass is 16.1. The second-order valence-electron chi connectivity index (χ2n) is 8.73. The van der Waals surface area contributed by atoms with E-state index in [1.165, 1.54) is 37.7 Å². The molecule has 3 saturated carbocycles. The number of rotatable bonds is 7. The number of allylic oxidation sites excluding steroid dienone is 4. The summed E-state index contributed by atoms with van der Waals surface area (Å²) in [4.78, 5) is 17.2. The van der Waals surface area contributed by atoms with Gasteiger partial charge in [-0.1, -0.05) is 45.4 Å². The molecule has 1 aromatic rings. The van der Waals surface area contributed by atoms with Gasteiger partial charge in [0.2, 0.25) is 0 Å². The fourth-order valence-electron chi connectivity index (χ4n) is 4.95. The van der Waals surface area contributed by atoms with Crippen LogP contribution in [0.15, 0.2) is 41.1 Å². The largest absolute Gasteiger partial charge is 0.393 e. The molecule has 0 aromatic carbocycles. The summed E-state index contributed by atoms with van der Waals surface area (Å²) >= 11 is 0. The molecule has 0 saturated heterocycles. The molecular formula is C28H44N4O. The number of hydrogen-bond acceptors (Lipinski definition) is 5. The van der Waals surface area contributed by atoms with Crippen molar-refractivity contribution in [3.8, 4) is 0 Å². The Bertz CT molecular complexity index is 861. The number of carbonyl (C=O) groups is 1. The molecule has 2 bridgehead atoms. The highest BCUT2D eigenvalue weighted by molar-refractivity contribution is 5.85. The van der Waals surface area contributed by atoms with Crippen LogP contribution in [0.3, 0.4) is 0 Å². The Morgan fingerprint density at radius 3 is 2.30 bits per heavy atom. The maximum Gasteiger partial charge on any atom is 0.129 e. The van der Waals surface area contributed by atoms with Crippen LogP contribution in [0.2, 0.25) is 0 Å². The number of fused-ring (bicyclic) bond motifs is 3. The number of hydrogen-bond donors (Lipinski definition) is 2. The molecule has 3 fully saturated rings. The molecule has 3 aliphatic rings. The summed E-state index contributed by atoms with van der Waals surface area (Å²) in [5.74, 6) is 2.72. The Morgan fingerprint density at radius 1 is 1.15 bits per heavy atom. The average molecular weight is 453 g/mol. The van der Waals surface area contributed by atoms with Crippen LogP contribution in [0.1, 0.15) is 69.7 Å². The van der Waals surface area contributed by atoms with Gasteiger partial charge in [0.05, 0.1) is 5.69 Å². The van der Waals surface area contributed by atoms with Crippen LogP contribution in [0.5, 0.6) is 0 Å². The minimum absolute atomic E-state index is 0.562. The normalized spacial score (nSPS) is 22.1. The number of aromatic nitrogens is 1. The summed E-state index contributed by atoms with van der Waals surface area (Å²) in [6.07, 6.45) is 12.8. The third-order valence-electron chi connectivity index (χ3n) is 6.40. The number of pyridine rings is 1. The van der Waals surface area contributed by atoms with E-state index < -0.39 is 0 Å². The Balaban J connectivity index is 0.00000129. The van der Waals surface area contributed by atoms with Crippen molar-refractivity contribution in [1.29, 1.82) is 0 Å². The minimum Gasteiger partial charge on any atom is -0.393 e. The predicted molar refractivity (Wildman–Crippen MR) is 144 cm³/mol. The first kappa shape index (κ1) is 28.3. The number of anilines is 1. The third kappa shape index (κ3) is 7.69. The average Bonchev–Trinajstić information content (AvgIpc) is 2.83. The van der Waals surface area contributed by atoms with Gasteiger partial charge in [0.25, 0.3) is 0 Å². The molecule has 33 heavy (non-hydrogen) atoms. The van der Waals surface area contributed by atoms with Gasteiger partial charge in [-0.25, -0.2) is 4.98 Å². The molecule has 0 radical (unpaired) electrons. The predicted octanol–water partition coefficient (Wildman–Crippen LogP) is 6.29. The lowest BCUT2D eigenvalue weighted by Crippen LogP contribution is -2.40. The third-order valence-corrected chi connectivity index (χ3v) is 6.40. The zero-order valence-electron chi connectivity index (χ0n) is 21.8. The van der Waals surface area contributed by atoms with Crippen LogP contribution in [0.25, 0.3) is 5.57 Å². The van der Waals surface area contributed by atoms with Gasteiger partial charge < -0.3 is 15.4 Å². The zero-order valence-corrected chi connectivity index (χ0v) is 21.8. The van der Waals surface area contributed by atoms with E-state index in [9.17, 15) is 0 Å². The first-order valence-corrected chi connectivity index (χ1v) is 12.1. The van der Waals surface area contributed by atoms with E-state index in [0.29, 0.717) is 6.04 Å². The number of nitrogens with one attached hydrogen (secondary N) is 2. The molecule has 5 nitrogen and oxygen atoms in total. The highest BCUT2D eigenvalue weighted by Crippen LogP contribution is 2.42. The number of carbonyl (C=O) groups excluding carboxylic acids is 1. The Labute approximate surface area is 201 Å². The molecular weight excluding hydrogens is 408 g/mol. The number of nitrogens with zero attached hydrogens (tertiary/aromatic N) is 2. The fraction of sp³-hybridized carbons (Fsp3) is 0.536. The maximum absolute atomic E-state index is 8.00. The van der Waals surface area contributed by atoms with E-state index >= 15 is 0 Å². The van der Waals surface area contributed by atoms with E-state index in [4.69, 9.17) is 9.78 Å². The lowest BCUT2D eigenvalue weighted by molar-refractivity contribution is -0.0979. The molecule has 0 aliphatic heterocycles. The number of aliphatic imine (C=N–C) groups is 1. The van der Waals surface area contributed by atoms with Crippen LogP contribution in [-0.4, -0.2) is 38.1 Å². The molecule has 1 aromatic heterocycles. The van der Waals surface area contributed by atoms with Crippen LogP contribution < -0.4 is 10.6 Å². The Kier molecular flexibility index (Phi) is 12.4. The van der Waals surface area contributed by atoms with Crippen molar-refractivity contribution in [1.82, 2.24) is 10.3 Å². The van der Waals surface area contributed by atoms with Gasteiger partial charge in [-0.2, -0.15) is 0 Å². The molecule has 1 unspecified atom stereocenters. The summed E-state index contributed by atoms with van der Waals surface area (Å²) in [5, 5.41) is 6.99. The quantitative estimate of drug-likeness (QED) is 0.377. The van der Waals surface area contributed by atoms with Crippen molar-refractivity contribution in [3.63, 3.8) is 0 Å². The summed E-state index contributed by atoms with van der Waals surface area (Å²) in [5.41, 5.74) is 6.38. The van der Waals surface area contributed by atoms with Gasteiger partial charge in [0, 0.05) is 38.1 Å². The van der Waals surface area contributed by atoms with Gasteiger partial charge in [-0.3, -0.25) is 4.99 Å². The van der Waals surface area contributed by atoms with Crippen molar-refractivity contribution in [3.05, 3.63) is 52.9 Å². The van der Waals surface area contributed by atoms with Gasteiger partial charge in [-0.15, -0.1) is 0 Å². The summed E-state index contributed by atoms with van der Waals surface area (Å²) < 4.78 is 0. The van der Waals surface area contributed by atoms with Crippen molar-refractivity contribution in [2.75, 3.05) is 19.4 Å². The topological polar surface area (TPSA) is 66.4 Å². The first-order valence-electron chi connectivity index (χ1n) is 12.1. The summed E-state index contributed by atoms with van der Waals surface area (Å²) in [7, 11) is 3.70. The van der Waals surface area contributed by atoms with E-state index in [1.807, 2.05) is 47.0 Å². The monoisotopic (exact) mass is 452 g/mol. The summed E-state index contributed by atoms with van der Waals surface area (Å²) in [6.45, 7) is 16.6. The van der Waals surface area contributed by atoms with Gasteiger partial charge in [0.1, 0.15) is 12.6 Å². The van der Waals surface area contributed by atoms with Crippen molar-refractivity contribution < 1.29 is 4.79 Å². The van der Waals surface area contributed by atoms with Gasteiger partial charge in [0.15, 0.2) is 0 Å². The summed E-state index contributed by atoms with van der Waals surface area (Å²) in [6, 6.07) is 2.80. The smallest absolute Gasteiger partial charge is 0.129 e. The van der Waals surface area contributed by atoms with E-state index in [0.717, 1.165) is 45.6 Å². The molecule has 5 heteroatoms. The van der Waals surface area contributed by atoms with Crippen LogP contribution >= 0.6 is 0 Å². The minimum atomic E-state index is 0.562. The molecule has 0 amide bonds. The van der Waals surface area contributed by atoms with E-state index in [-0.39, 0.29) is 0 Å². The Morgan fingerprint density at radius 2 is 1.79 bits per heavy atom. The van der Waals surface area contributed by atoms with Gasteiger partial charge in [-0.05, 0) is 74.1 Å². The van der Waals surface area contributed by atoms with Crippen molar-refractivity contribution in [2.45, 2.75) is 72.8 Å². The molecule has 3 aliphatic carbocycles. The van der Waals surface area contributed by atoms with Crippen LogP contribution in [0.4, 0.5) is 5.82 Å². The SMILES string of the molecule is C=C(/C=C(/C)C=NC)/C(=C\NC)c1nc(NC2CC3CCC2CC3)c(C)cc1C.C=O.CC.